The largest absolute Gasteiger partial charge is 0.486 e. The summed E-state index contributed by atoms with van der Waals surface area (Å²) in [4.78, 5) is 39.8. The lowest BCUT2D eigenvalue weighted by atomic mass is 9.91. The summed E-state index contributed by atoms with van der Waals surface area (Å²) in [6.07, 6.45) is 3.04. The molecule has 1 atom stereocenters. The molecule has 45 heavy (non-hydrogen) atoms. The number of anilines is 1. The molecular weight excluding hydrogens is 595 g/mol. The number of benzene rings is 2. The molecule has 2 aliphatic heterocycles. The summed E-state index contributed by atoms with van der Waals surface area (Å²) in [7, 11) is 1.83. The molecule has 0 saturated carbocycles. The van der Waals surface area contributed by atoms with E-state index in [9.17, 15) is 9.59 Å². The molecule has 1 N–H and O–H groups in total. The number of carbonyl (C=O) groups is 1. The van der Waals surface area contributed by atoms with Crippen molar-refractivity contribution in [1.82, 2.24) is 24.8 Å². The zero-order valence-corrected chi connectivity index (χ0v) is 26.8. The van der Waals surface area contributed by atoms with Crippen molar-refractivity contribution < 1.29 is 13.9 Å². The van der Waals surface area contributed by atoms with E-state index in [0.29, 0.717) is 71.0 Å². The smallest absolute Gasteiger partial charge is 0.354 e. The van der Waals surface area contributed by atoms with Crippen LogP contribution in [0.3, 0.4) is 0 Å². The molecule has 234 valence electrons. The van der Waals surface area contributed by atoms with Crippen LogP contribution in [0.4, 0.5) is 10.2 Å². The van der Waals surface area contributed by atoms with E-state index in [1.54, 1.807) is 27.8 Å². The SMILES string of the molecule is C=CC(=O)N1CCN(c2nc(=O)n(-c3c(C)ccnc3C(C)C)c3c4c(c(Cl)cc23)-c2c(F)ccc(CNC)c2CO4)[C@@H](C)C1. The third-order valence-electron chi connectivity index (χ3n) is 8.71. The van der Waals surface area contributed by atoms with E-state index in [-0.39, 0.29) is 29.5 Å². The zero-order chi connectivity index (χ0) is 32.2. The monoisotopic (exact) mass is 630 g/mol. The van der Waals surface area contributed by atoms with Gasteiger partial charge in [0.15, 0.2) is 5.75 Å². The van der Waals surface area contributed by atoms with E-state index < -0.39 is 11.5 Å². The summed E-state index contributed by atoms with van der Waals surface area (Å²) in [5.41, 5.74) is 4.46. The van der Waals surface area contributed by atoms with E-state index in [1.165, 1.54) is 12.1 Å². The highest BCUT2D eigenvalue weighted by molar-refractivity contribution is 6.35. The first kappa shape index (κ1) is 30.7. The van der Waals surface area contributed by atoms with Gasteiger partial charge in [-0.25, -0.2) is 9.18 Å². The number of nitrogens with one attached hydrogen (secondary N) is 1. The molecule has 1 saturated heterocycles. The molecule has 2 aromatic carbocycles. The molecule has 1 fully saturated rings. The van der Waals surface area contributed by atoms with E-state index in [4.69, 9.17) is 16.3 Å². The van der Waals surface area contributed by atoms with Crippen LogP contribution in [0.2, 0.25) is 5.02 Å². The summed E-state index contributed by atoms with van der Waals surface area (Å²) in [6, 6.07) is 6.63. The second-order valence-electron chi connectivity index (χ2n) is 11.9. The third kappa shape index (κ3) is 5.06. The minimum Gasteiger partial charge on any atom is -0.486 e. The Bertz CT molecular complexity index is 1920. The average molecular weight is 631 g/mol. The van der Waals surface area contributed by atoms with Crippen LogP contribution in [0.15, 0.2) is 47.9 Å². The number of pyridine rings is 1. The van der Waals surface area contributed by atoms with Crippen molar-refractivity contribution >= 4 is 34.2 Å². The van der Waals surface area contributed by atoms with Crippen molar-refractivity contribution in [2.75, 3.05) is 31.6 Å². The van der Waals surface area contributed by atoms with Gasteiger partial charge in [-0.15, -0.1) is 0 Å². The predicted molar refractivity (Wildman–Crippen MR) is 175 cm³/mol. The fourth-order valence-corrected chi connectivity index (χ4v) is 6.88. The molecule has 0 unspecified atom stereocenters. The van der Waals surface area contributed by atoms with Gasteiger partial charge in [0, 0.05) is 60.5 Å². The second kappa shape index (κ2) is 11.9. The van der Waals surface area contributed by atoms with Gasteiger partial charge in [-0.2, -0.15) is 4.98 Å². The van der Waals surface area contributed by atoms with Crippen molar-refractivity contribution in [2.45, 2.75) is 52.8 Å². The Balaban J connectivity index is 1.70. The molecule has 6 rings (SSSR count). The Labute approximate surface area is 266 Å². The Morgan fingerprint density at radius 2 is 2.04 bits per heavy atom. The number of carbonyl (C=O) groups excluding carboxylic acids is 1. The molecule has 1 amide bonds. The number of fused-ring (bicyclic) bond motifs is 5. The van der Waals surface area contributed by atoms with E-state index in [1.807, 2.05) is 45.7 Å². The van der Waals surface area contributed by atoms with Gasteiger partial charge in [0.1, 0.15) is 23.8 Å². The molecule has 9 nitrogen and oxygen atoms in total. The highest BCUT2D eigenvalue weighted by Gasteiger charge is 2.34. The van der Waals surface area contributed by atoms with Gasteiger partial charge in [0.2, 0.25) is 5.91 Å². The maximum Gasteiger partial charge on any atom is 0.354 e. The second-order valence-corrected chi connectivity index (χ2v) is 12.3. The van der Waals surface area contributed by atoms with Crippen LogP contribution in [0.1, 0.15) is 49.1 Å². The van der Waals surface area contributed by atoms with Crippen molar-refractivity contribution in [3.63, 3.8) is 0 Å². The number of hydrogen-bond acceptors (Lipinski definition) is 7. The van der Waals surface area contributed by atoms with Gasteiger partial charge in [-0.05, 0) is 62.2 Å². The van der Waals surface area contributed by atoms with Gasteiger partial charge in [0.25, 0.3) is 0 Å². The molecule has 0 spiro atoms. The Kier molecular flexibility index (Phi) is 8.13. The standard InChI is InChI=1S/C34H36ClFN6O3/c1-7-26(43)40-12-13-41(20(5)16-40)33-22-14-24(35)28-27-23(21(15-37-6)8-9-25(27)36)17-45-32(28)31(22)42(34(44)39-33)30-19(4)10-11-38-29(30)18(2)3/h7-11,14,18,20,37H,1,12-13,15-17H2,2-6H3/t20-/m0/s1. The van der Waals surface area contributed by atoms with E-state index in [2.05, 4.69) is 21.9 Å². The maximum atomic E-state index is 15.8. The predicted octanol–water partition coefficient (Wildman–Crippen LogP) is 5.51. The van der Waals surface area contributed by atoms with Gasteiger partial charge >= 0.3 is 5.69 Å². The fourth-order valence-electron chi connectivity index (χ4n) is 6.59. The first-order chi connectivity index (χ1) is 21.6. The molecule has 2 aliphatic rings. The highest BCUT2D eigenvalue weighted by atomic mass is 35.5. The number of nitrogens with zero attached hydrogens (tertiary/aromatic N) is 5. The summed E-state index contributed by atoms with van der Waals surface area (Å²) in [5.74, 6) is 0.170. The van der Waals surface area contributed by atoms with Crippen LogP contribution in [0.5, 0.6) is 5.75 Å². The number of aryl methyl sites for hydroxylation is 1. The number of halogens is 2. The number of ether oxygens (including phenoxy) is 1. The van der Waals surface area contributed by atoms with Crippen molar-refractivity contribution in [2.24, 2.45) is 0 Å². The summed E-state index contributed by atoms with van der Waals surface area (Å²) in [5, 5.41) is 4.01. The van der Waals surface area contributed by atoms with Gasteiger partial charge < -0.3 is 19.9 Å². The zero-order valence-electron chi connectivity index (χ0n) is 26.1. The summed E-state index contributed by atoms with van der Waals surface area (Å²) in [6.45, 7) is 13.5. The van der Waals surface area contributed by atoms with Crippen LogP contribution in [-0.4, -0.2) is 58.1 Å². The Morgan fingerprint density at radius 3 is 2.73 bits per heavy atom. The molecule has 0 aliphatic carbocycles. The molecule has 2 aromatic heterocycles. The van der Waals surface area contributed by atoms with Gasteiger partial charge in [-0.1, -0.05) is 38.1 Å². The van der Waals surface area contributed by atoms with Crippen molar-refractivity contribution in [3.05, 3.63) is 86.8 Å². The lowest BCUT2D eigenvalue weighted by Gasteiger charge is -2.40. The van der Waals surface area contributed by atoms with Crippen LogP contribution in [0, 0.1) is 12.7 Å². The Hall–Kier alpha value is -4.28. The van der Waals surface area contributed by atoms with Gasteiger partial charge in [0.05, 0.1) is 16.4 Å². The summed E-state index contributed by atoms with van der Waals surface area (Å²) >= 11 is 7.06. The lowest BCUT2D eigenvalue weighted by molar-refractivity contribution is -0.126. The quantitative estimate of drug-likeness (QED) is 0.281. The first-order valence-corrected chi connectivity index (χ1v) is 15.5. The maximum absolute atomic E-state index is 15.8. The number of piperazine rings is 1. The highest BCUT2D eigenvalue weighted by Crippen LogP contribution is 2.50. The Morgan fingerprint density at radius 1 is 1.27 bits per heavy atom. The summed E-state index contributed by atoms with van der Waals surface area (Å²) < 4.78 is 23.8. The number of rotatable bonds is 6. The fraction of sp³-hybridized carbons (Fsp3) is 0.353. The van der Waals surface area contributed by atoms with Crippen molar-refractivity contribution in [1.29, 1.82) is 0 Å². The number of hydrogen-bond donors (Lipinski definition) is 1. The lowest BCUT2D eigenvalue weighted by Crippen LogP contribution is -2.54. The molecule has 0 bridgehead atoms. The van der Waals surface area contributed by atoms with Crippen LogP contribution in [-0.2, 0) is 17.9 Å². The first-order valence-electron chi connectivity index (χ1n) is 15.1. The molecule has 4 heterocycles. The molecule has 11 heteroatoms. The molecule has 0 radical (unpaired) electrons. The van der Waals surface area contributed by atoms with E-state index >= 15 is 4.39 Å². The van der Waals surface area contributed by atoms with E-state index in [0.717, 1.165) is 16.8 Å². The van der Waals surface area contributed by atoms with Crippen LogP contribution in [0.25, 0.3) is 27.7 Å². The van der Waals surface area contributed by atoms with Crippen LogP contribution < -0.4 is 20.6 Å². The minimum absolute atomic E-state index is 0.0108. The minimum atomic E-state index is -0.518. The number of amides is 1. The third-order valence-corrected chi connectivity index (χ3v) is 9.01. The van der Waals surface area contributed by atoms with Gasteiger partial charge in [-0.3, -0.25) is 14.3 Å². The number of aromatic nitrogens is 3. The van der Waals surface area contributed by atoms with Crippen molar-refractivity contribution in [3.8, 4) is 22.6 Å². The molecular formula is C34H36ClFN6O3. The normalized spacial score (nSPS) is 16.0. The molecule has 4 aromatic rings. The average Bonchev–Trinajstić information content (AvgIpc) is 3.02. The topological polar surface area (TPSA) is 92.6 Å². The van der Waals surface area contributed by atoms with Crippen LogP contribution >= 0.6 is 11.6 Å².